The maximum atomic E-state index is 13.7. The summed E-state index contributed by atoms with van der Waals surface area (Å²) in [6, 6.07) is 48.6. The van der Waals surface area contributed by atoms with E-state index in [-0.39, 0.29) is 5.56 Å². The molecule has 7 nitrogen and oxygen atoms in total. The van der Waals surface area contributed by atoms with E-state index < -0.39 is 0 Å². The van der Waals surface area contributed by atoms with Crippen LogP contribution in [0.2, 0.25) is 0 Å². The Labute approximate surface area is 283 Å². The molecule has 0 aliphatic carbocycles. The summed E-state index contributed by atoms with van der Waals surface area (Å²) in [4.78, 5) is 34.2. The van der Waals surface area contributed by atoms with Crippen LogP contribution in [-0.2, 0) is 0 Å². The number of hydrogen-bond donors (Lipinski definition) is 0. The Hall–Kier alpha value is -6.51. The van der Waals surface area contributed by atoms with Gasteiger partial charge in [0, 0.05) is 37.9 Å². The molecule has 0 aliphatic rings. The van der Waals surface area contributed by atoms with Gasteiger partial charge in [0.15, 0.2) is 22.4 Å². The van der Waals surface area contributed by atoms with Crippen LogP contribution in [0.4, 0.5) is 0 Å². The average molecular weight is 649 g/mol. The number of nitrogens with zero attached hydrogens (tertiary/aromatic N) is 6. The lowest BCUT2D eigenvalue weighted by Gasteiger charge is -2.11. The highest BCUT2D eigenvalue weighted by Crippen LogP contribution is 2.36. The second kappa shape index (κ2) is 10.8. The Balaban J connectivity index is 1.20. The van der Waals surface area contributed by atoms with E-state index in [1.54, 1.807) is 4.40 Å². The Kier molecular flexibility index (Phi) is 6.06. The number of para-hydroxylation sites is 1. The maximum absolute atomic E-state index is 13.7. The third kappa shape index (κ3) is 4.38. The van der Waals surface area contributed by atoms with E-state index in [1.807, 2.05) is 97.1 Å². The van der Waals surface area contributed by atoms with Gasteiger partial charge in [0.1, 0.15) is 0 Å². The van der Waals surface area contributed by atoms with Crippen molar-refractivity contribution < 1.29 is 0 Å². The molecule has 0 unspecified atom stereocenters. The first-order chi connectivity index (χ1) is 24.2. The molecule has 8 heteroatoms. The van der Waals surface area contributed by atoms with E-state index >= 15 is 0 Å². The van der Waals surface area contributed by atoms with E-state index in [2.05, 4.69) is 53.1 Å². The molecule has 10 aromatic rings. The van der Waals surface area contributed by atoms with Crippen LogP contribution < -0.4 is 5.56 Å². The summed E-state index contributed by atoms with van der Waals surface area (Å²) in [5.41, 5.74) is 7.27. The molecule has 6 aromatic carbocycles. The van der Waals surface area contributed by atoms with E-state index in [0.29, 0.717) is 27.8 Å². The molecule has 0 fully saturated rings. The zero-order valence-electron chi connectivity index (χ0n) is 25.9. The van der Waals surface area contributed by atoms with Crippen LogP contribution in [0.3, 0.4) is 0 Å². The van der Waals surface area contributed by atoms with E-state index in [0.717, 1.165) is 59.9 Å². The standard InChI is InChI=1S/C41H24N6OS/c48-40-30-19-8-10-21-36(30)49-41-42-32-24-34-31(23-35(32)47(40)41)29-18-7-9-20-33(29)46(34)28-17-11-16-27(22-28)39-44-37(25-12-3-1-4-13-25)43-38(45-39)26-14-5-2-6-15-26/h1-24H. The molecule has 0 saturated heterocycles. The molecule has 0 aliphatic heterocycles. The summed E-state index contributed by atoms with van der Waals surface area (Å²) in [7, 11) is 0. The van der Waals surface area contributed by atoms with E-state index in [9.17, 15) is 4.79 Å². The second-order valence-electron chi connectivity index (χ2n) is 11.9. The minimum Gasteiger partial charge on any atom is -0.309 e. The Morgan fingerprint density at radius 1 is 0.469 bits per heavy atom. The summed E-state index contributed by atoms with van der Waals surface area (Å²) in [6.45, 7) is 0. The van der Waals surface area contributed by atoms with Crippen LogP contribution in [0, 0.1) is 0 Å². The second-order valence-corrected chi connectivity index (χ2v) is 12.9. The fraction of sp³-hybridized carbons (Fsp3) is 0. The highest BCUT2D eigenvalue weighted by atomic mass is 32.1. The molecule has 0 bridgehead atoms. The summed E-state index contributed by atoms with van der Waals surface area (Å²) in [5.74, 6) is 1.83. The van der Waals surface area contributed by atoms with Crippen LogP contribution in [0.25, 0.3) is 87.7 Å². The first-order valence-electron chi connectivity index (χ1n) is 15.9. The zero-order valence-corrected chi connectivity index (χ0v) is 26.7. The van der Waals surface area contributed by atoms with Crippen LogP contribution in [0.15, 0.2) is 150 Å². The fourth-order valence-corrected chi connectivity index (χ4v) is 7.76. The van der Waals surface area contributed by atoms with Gasteiger partial charge in [0.2, 0.25) is 0 Å². The normalized spacial score (nSPS) is 11.8. The van der Waals surface area contributed by atoms with Crippen molar-refractivity contribution in [3.63, 3.8) is 0 Å². The molecular weight excluding hydrogens is 625 g/mol. The van der Waals surface area contributed by atoms with Crippen molar-refractivity contribution in [3.05, 3.63) is 156 Å². The number of hydrogen-bond acceptors (Lipinski definition) is 6. The molecule has 0 amide bonds. The largest absolute Gasteiger partial charge is 0.309 e. The third-order valence-corrected chi connectivity index (χ3v) is 10.0. The van der Waals surface area contributed by atoms with Gasteiger partial charge in [0.05, 0.1) is 27.5 Å². The van der Waals surface area contributed by atoms with Crippen LogP contribution >= 0.6 is 11.3 Å². The molecular formula is C41H24N6OS. The molecule has 10 rings (SSSR count). The van der Waals surface area contributed by atoms with Crippen LogP contribution in [0.1, 0.15) is 0 Å². The first kappa shape index (κ1) is 27.6. The maximum Gasteiger partial charge on any atom is 0.266 e. The van der Waals surface area contributed by atoms with Gasteiger partial charge >= 0.3 is 0 Å². The van der Waals surface area contributed by atoms with Crippen molar-refractivity contribution in [2.24, 2.45) is 0 Å². The quantitative estimate of drug-likeness (QED) is 0.190. The number of benzene rings is 6. The monoisotopic (exact) mass is 648 g/mol. The lowest BCUT2D eigenvalue weighted by atomic mass is 10.1. The molecule has 0 radical (unpaired) electrons. The zero-order chi connectivity index (χ0) is 32.5. The van der Waals surface area contributed by atoms with Gasteiger partial charge in [-0.25, -0.2) is 24.3 Å². The van der Waals surface area contributed by atoms with Gasteiger partial charge < -0.3 is 4.57 Å². The van der Waals surface area contributed by atoms with E-state index in [4.69, 9.17) is 19.9 Å². The average Bonchev–Trinajstić information content (AvgIpc) is 3.69. The minimum absolute atomic E-state index is 0.0512. The van der Waals surface area contributed by atoms with Gasteiger partial charge in [-0.3, -0.25) is 4.79 Å². The third-order valence-electron chi connectivity index (χ3n) is 9.00. The number of rotatable bonds is 4. The first-order valence-corrected chi connectivity index (χ1v) is 16.8. The minimum atomic E-state index is -0.0512. The number of fused-ring (bicyclic) bond motifs is 7. The highest BCUT2D eigenvalue weighted by molar-refractivity contribution is 7.23. The molecule has 0 N–H and O–H groups in total. The summed E-state index contributed by atoms with van der Waals surface area (Å²) < 4.78 is 4.94. The van der Waals surface area contributed by atoms with E-state index in [1.165, 1.54) is 11.3 Å². The lowest BCUT2D eigenvalue weighted by molar-refractivity contribution is 1.07. The Morgan fingerprint density at radius 3 is 1.82 bits per heavy atom. The molecule has 0 saturated carbocycles. The highest BCUT2D eigenvalue weighted by Gasteiger charge is 2.19. The molecule has 0 spiro atoms. The van der Waals surface area contributed by atoms with Gasteiger partial charge in [-0.05, 0) is 42.5 Å². The van der Waals surface area contributed by atoms with Crippen molar-refractivity contribution in [1.29, 1.82) is 0 Å². The smallest absolute Gasteiger partial charge is 0.266 e. The molecule has 0 atom stereocenters. The van der Waals surface area contributed by atoms with Crippen molar-refractivity contribution in [2.45, 2.75) is 0 Å². The van der Waals surface area contributed by atoms with Crippen molar-refractivity contribution in [1.82, 2.24) is 28.9 Å². The van der Waals surface area contributed by atoms with Crippen LogP contribution in [-0.4, -0.2) is 28.9 Å². The Morgan fingerprint density at radius 2 is 1.08 bits per heavy atom. The van der Waals surface area contributed by atoms with Gasteiger partial charge in [0.25, 0.3) is 5.56 Å². The Bertz CT molecular complexity index is 2910. The predicted octanol–water partition coefficient (Wildman–Crippen LogP) is 9.35. The SMILES string of the molecule is O=c1c2ccccc2sc2nc3cc4c(cc3n12)c1ccccc1n4-c1cccc(-c2nc(-c3ccccc3)nc(-c3ccccc3)n2)c1. The van der Waals surface area contributed by atoms with Gasteiger partial charge in [-0.2, -0.15) is 0 Å². The summed E-state index contributed by atoms with van der Waals surface area (Å²) in [6.07, 6.45) is 0. The lowest BCUT2D eigenvalue weighted by Crippen LogP contribution is -2.11. The number of aromatic nitrogens is 6. The van der Waals surface area contributed by atoms with Crippen molar-refractivity contribution >= 4 is 59.2 Å². The molecule has 49 heavy (non-hydrogen) atoms. The molecule has 4 heterocycles. The van der Waals surface area contributed by atoms with Crippen molar-refractivity contribution in [2.75, 3.05) is 0 Å². The molecule has 230 valence electrons. The van der Waals surface area contributed by atoms with Gasteiger partial charge in [-0.15, -0.1) is 0 Å². The summed E-state index contributed by atoms with van der Waals surface area (Å²) in [5, 5.41) is 2.84. The van der Waals surface area contributed by atoms with Gasteiger partial charge in [-0.1, -0.05) is 114 Å². The topological polar surface area (TPSA) is 78.0 Å². The predicted molar refractivity (Wildman–Crippen MR) is 198 cm³/mol. The fourth-order valence-electron chi connectivity index (χ4n) is 6.73. The molecule has 4 aromatic heterocycles. The number of imidazole rings is 1. The van der Waals surface area contributed by atoms with Crippen LogP contribution in [0.5, 0.6) is 0 Å². The summed E-state index contributed by atoms with van der Waals surface area (Å²) >= 11 is 1.53. The van der Waals surface area contributed by atoms with Crippen molar-refractivity contribution in [3.8, 4) is 39.9 Å².